The number of piperazine rings is 1. The highest BCUT2D eigenvalue weighted by Crippen LogP contribution is 2.14. The SMILES string of the molecule is O=c1[nH]ccnc1N1CCN(c2ccccn2)CC1. The third-order valence-electron chi connectivity index (χ3n) is 3.24. The van der Waals surface area contributed by atoms with Crippen LogP contribution in [0.4, 0.5) is 11.6 Å². The summed E-state index contributed by atoms with van der Waals surface area (Å²) in [7, 11) is 0. The second kappa shape index (κ2) is 5.09. The van der Waals surface area contributed by atoms with E-state index in [-0.39, 0.29) is 5.56 Å². The van der Waals surface area contributed by atoms with Crippen LogP contribution in [0.5, 0.6) is 0 Å². The van der Waals surface area contributed by atoms with Crippen LogP contribution < -0.4 is 15.4 Å². The van der Waals surface area contributed by atoms with Crippen LogP contribution in [-0.4, -0.2) is 41.1 Å². The van der Waals surface area contributed by atoms with E-state index in [0.29, 0.717) is 5.82 Å². The minimum Gasteiger partial charge on any atom is -0.353 e. The first kappa shape index (κ1) is 11.7. The van der Waals surface area contributed by atoms with Crippen molar-refractivity contribution in [2.75, 3.05) is 36.0 Å². The number of hydrogen-bond acceptors (Lipinski definition) is 5. The third-order valence-corrected chi connectivity index (χ3v) is 3.24. The minimum atomic E-state index is -0.131. The van der Waals surface area contributed by atoms with Gasteiger partial charge in [0.05, 0.1) is 0 Å². The summed E-state index contributed by atoms with van der Waals surface area (Å²) in [6, 6.07) is 5.90. The number of rotatable bonds is 2. The minimum absolute atomic E-state index is 0.131. The molecular weight excluding hydrogens is 242 g/mol. The Labute approximate surface area is 110 Å². The van der Waals surface area contributed by atoms with Gasteiger partial charge < -0.3 is 14.8 Å². The van der Waals surface area contributed by atoms with Gasteiger partial charge in [-0.2, -0.15) is 0 Å². The van der Waals surface area contributed by atoms with E-state index in [0.717, 1.165) is 32.0 Å². The molecule has 0 bridgehead atoms. The highest BCUT2D eigenvalue weighted by Gasteiger charge is 2.20. The molecule has 1 aliphatic rings. The molecule has 1 N–H and O–H groups in total. The van der Waals surface area contributed by atoms with E-state index in [1.165, 1.54) is 0 Å². The summed E-state index contributed by atoms with van der Waals surface area (Å²) in [6.45, 7) is 3.23. The van der Waals surface area contributed by atoms with Crippen LogP contribution >= 0.6 is 0 Å². The number of hydrogen-bond donors (Lipinski definition) is 1. The molecule has 2 aromatic rings. The molecule has 0 aliphatic carbocycles. The van der Waals surface area contributed by atoms with E-state index in [9.17, 15) is 4.79 Å². The van der Waals surface area contributed by atoms with Crippen LogP contribution in [0, 0.1) is 0 Å². The normalized spacial score (nSPS) is 15.6. The highest BCUT2D eigenvalue weighted by atomic mass is 16.1. The van der Waals surface area contributed by atoms with Crippen molar-refractivity contribution in [2.24, 2.45) is 0 Å². The lowest BCUT2D eigenvalue weighted by atomic mass is 10.3. The first-order valence-corrected chi connectivity index (χ1v) is 6.29. The molecule has 1 aliphatic heterocycles. The van der Waals surface area contributed by atoms with Gasteiger partial charge in [-0.15, -0.1) is 0 Å². The number of H-pyrrole nitrogens is 1. The number of anilines is 2. The lowest BCUT2D eigenvalue weighted by Gasteiger charge is -2.35. The van der Waals surface area contributed by atoms with Gasteiger partial charge in [0.1, 0.15) is 5.82 Å². The van der Waals surface area contributed by atoms with Gasteiger partial charge in [0.2, 0.25) is 0 Å². The molecule has 6 nitrogen and oxygen atoms in total. The number of nitrogens with one attached hydrogen (secondary N) is 1. The van der Waals surface area contributed by atoms with Gasteiger partial charge in [-0.05, 0) is 12.1 Å². The van der Waals surface area contributed by atoms with E-state index in [4.69, 9.17) is 0 Å². The molecule has 0 amide bonds. The Hall–Kier alpha value is -2.37. The molecule has 0 radical (unpaired) electrons. The summed E-state index contributed by atoms with van der Waals surface area (Å²) in [4.78, 5) is 27.1. The molecule has 0 spiro atoms. The highest BCUT2D eigenvalue weighted by molar-refractivity contribution is 5.43. The lowest BCUT2D eigenvalue weighted by Crippen LogP contribution is -2.48. The van der Waals surface area contributed by atoms with Gasteiger partial charge in [0, 0.05) is 44.8 Å². The van der Waals surface area contributed by atoms with E-state index in [1.54, 1.807) is 18.6 Å². The van der Waals surface area contributed by atoms with E-state index >= 15 is 0 Å². The van der Waals surface area contributed by atoms with E-state index in [2.05, 4.69) is 19.9 Å². The Balaban J connectivity index is 1.70. The molecular formula is C13H15N5O. The Morgan fingerprint density at radius 1 is 1.00 bits per heavy atom. The standard InChI is InChI=1S/C13H15N5O/c19-13-12(15-5-6-16-13)18-9-7-17(8-10-18)11-3-1-2-4-14-11/h1-6H,7-10H2,(H,16,19). The second-order valence-electron chi connectivity index (χ2n) is 4.40. The average molecular weight is 257 g/mol. The maximum Gasteiger partial charge on any atom is 0.290 e. The summed E-state index contributed by atoms with van der Waals surface area (Å²) in [5.74, 6) is 1.49. The molecule has 1 fully saturated rings. The zero-order valence-corrected chi connectivity index (χ0v) is 10.5. The average Bonchev–Trinajstić information content (AvgIpc) is 2.49. The number of aromatic amines is 1. The van der Waals surface area contributed by atoms with Crippen LogP contribution in [0.25, 0.3) is 0 Å². The smallest absolute Gasteiger partial charge is 0.290 e. The van der Waals surface area contributed by atoms with Gasteiger partial charge in [-0.3, -0.25) is 4.79 Å². The molecule has 0 atom stereocenters. The summed E-state index contributed by atoms with van der Waals surface area (Å²) in [6.07, 6.45) is 4.96. The largest absolute Gasteiger partial charge is 0.353 e. The van der Waals surface area contributed by atoms with Gasteiger partial charge >= 0.3 is 0 Å². The molecule has 2 aromatic heterocycles. The Bertz CT molecular complexity index is 589. The van der Waals surface area contributed by atoms with Crippen LogP contribution in [0.15, 0.2) is 41.6 Å². The molecule has 98 valence electrons. The monoisotopic (exact) mass is 257 g/mol. The molecule has 0 aromatic carbocycles. The topological polar surface area (TPSA) is 65.1 Å². The van der Waals surface area contributed by atoms with Gasteiger partial charge in [0.25, 0.3) is 5.56 Å². The first-order valence-electron chi connectivity index (χ1n) is 6.29. The first-order chi connectivity index (χ1) is 9.34. The van der Waals surface area contributed by atoms with E-state index < -0.39 is 0 Å². The Kier molecular flexibility index (Phi) is 3.14. The van der Waals surface area contributed by atoms with Crippen LogP contribution in [-0.2, 0) is 0 Å². The van der Waals surface area contributed by atoms with Gasteiger partial charge in [-0.1, -0.05) is 6.07 Å². The predicted molar refractivity (Wildman–Crippen MR) is 73.5 cm³/mol. The fourth-order valence-electron chi connectivity index (χ4n) is 2.26. The van der Waals surface area contributed by atoms with Crippen LogP contribution in [0.3, 0.4) is 0 Å². The molecule has 3 heterocycles. The Morgan fingerprint density at radius 3 is 2.47 bits per heavy atom. The maximum atomic E-state index is 11.7. The van der Waals surface area contributed by atoms with Gasteiger partial charge in [0.15, 0.2) is 5.82 Å². The molecule has 19 heavy (non-hydrogen) atoms. The maximum absolute atomic E-state index is 11.7. The third kappa shape index (κ3) is 2.42. The van der Waals surface area contributed by atoms with Crippen molar-refractivity contribution in [3.8, 4) is 0 Å². The van der Waals surface area contributed by atoms with Crippen molar-refractivity contribution >= 4 is 11.6 Å². The van der Waals surface area contributed by atoms with Crippen molar-refractivity contribution in [2.45, 2.75) is 0 Å². The van der Waals surface area contributed by atoms with Crippen molar-refractivity contribution in [1.82, 2.24) is 15.0 Å². The summed E-state index contributed by atoms with van der Waals surface area (Å²) in [5.41, 5.74) is -0.131. The summed E-state index contributed by atoms with van der Waals surface area (Å²) < 4.78 is 0. The zero-order valence-electron chi connectivity index (χ0n) is 10.5. The van der Waals surface area contributed by atoms with Crippen molar-refractivity contribution in [3.05, 3.63) is 47.1 Å². The molecule has 6 heteroatoms. The predicted octanol–water partition coefficient (Wildman–Crippen LogP) is 0.491. The molecule has 0 unspecified atom stereocenters. The zero-order chi connectivity index (χ0) is 13.1. The Morgan fingerprint density at radius 2 is 1.79 bits per heavy atom. The second-order valence-corrected chi connectivity index (χ2v) is 4.40. The fraction of sp³-hybridized carbons (Fsp3) is 0.308. The number of nitrogens with zero attached hydrogens (tertiary/aromatic N) is 4. The fourth-order valence-corrected chi connectivity index (χ4v) is 2.26. The summed E-state index contributed by atoms with van der Waals surface area (Å²) >= 11 is 0. The molecule has 1 saturated heterocycles. The van der Waals surface area contributed by atoms with Crippen molar-refractivity contribution < 1.29 is 0 Å². The number of pyridine rings is 1. The summed E-state index contributed by atoms with van der Waals surface area (Å²) in [5, 5.41) is 0. The molecule has 3 rings (SSSR count). The van der Waals surface area contributed by atoms with Gasteiger partial charge in [-0.25, -0.2) is 9.97 Å². The van der Waals surface area contributed by atoms with E-state index in [1.807, 2.05) is 23.1 Å². The lowest BCUT2D eigenvalue weighted by molar-refractivity contribution is 0.638. The quantitative estimate of drug-likeness (QED) is 0.848. The molecule has 0 saturated carbocycles. The van der Waals surface area contributed by atoms with Crippen LogP contribution in [0.2, 0.25) is 0 Å². The number of aromatic nitrogens is 3. The van der Waals surface area contributed by atoms with Crippen LogP contribution in [0.1, 0.15) is 0 Å². The van der Waals surface area contributed by atoms with Crippen molar-refractivity contribution in [3.63, 3.8) is 0 Å². The van der Waals surface area contributed by atoms with Crippen molar-refractivity contribution in [1.29, 1.82) is 0 Å².